The Morgan fingerprint density at radius 2 is 2.27 bits per heavy atom. The first-order valence-electron chi connectivity index (χ1n) is 4.78. The van der Waals surface area contributed by atoms with Crippen molar-refractivity contribution in [1.29, 1.82) is 5.26 Å². The molecular weight excluding hydrogens is 195 g/mol. The predicted molar refractivity (Wildman–Crippen MR) is 56.1 cm³/mol. The predicted octanol–water partition coefficient (Wildman–Crippen LogP) is 1.52. The maximum atomic E-state index is 13.5. The third-order valence-corrected chi connectivity index (χ3v) is 2.17. The summed E-state index contributed by atoms with van der Waals surface area (Å²) < 4.78 is 13.5. The fourth-order valence-corrected chi connectivity index (χ4v) is 1.40. The van der Waals surface area contributed by atoms with Gasteiger partial charge in [-0.2, -0.15) is 5.26 Å². The quantitative estimate of drug-likeness (QED) is 0.816. The smallest absolute Gasteiger partial charge is 0.147 e. The van der Waals surface area contributed by atoms with Crippen LogP contribution in [0.15, 0.2) is 18.2 Å². The molecule has 0 aliphatic rings. The average molecular weight is 208 g/mol. The SMILES string of the molecule is CCN(CCO)c1ccc(C#N)cc1F. The minimum absolute atomic E-state index is 0.0206. The molecule has 0 spiro atoms. The number of hydrogen-bond acceptors (Lipinski definition) is 3. The van der Waals surface area contributed by atoms with E-state index in [0.29, 0.717) is 24.3 Å². The zero-order valence-electron chi connectivity index (χ0n) is 8.57. The maximum absolute atomic E-state index is 13.5. The Hall–Kier alpha value is -1.60. The lowest BCUT2D eigenvalue weighted by Crippen LogP contribution is -2.27. The van der Waals surface area contributed by atoms with Crippen LogP contribution in [-0.4, -0.2) is 24.8 Å². The van der Waals surface area contributed by atoms with E-state index >= 15 is 0 Å². The lowest BCUT2D eigenvalue weighted by molar-refractivity contribution is 0.302. The molecule has 0 atom stereocenters. The van der Waals surface area contributed by atoms with E-state index in [1.165, 1.54) is 6.07 Å². The number of nitriles is 1. The molecule has 1 aromatic carbocycles. The third-order valence-electron chi connectivity index (χ3n) is 2.17. The van der Waals surface area contributed by atoms with Crippen LogP contribution in [0.25, 0.3) is 0 Å². The van der Waals surface area contributed by atoms with E-state index in [9.17, 15) is 4.39 Å². The molecule has 0 unspecified atom stereocenters. The number of anilines is 1. The normalized spacial score (nSPS) is 9.73. The molecule has 0 radical (unpaired) electrons. The van der Waals surface area contributed by atoms with Gasteiger partial charge >= 0.3 is 0 Å². The average Bonchev–Trinajstić information content (AvgIpc) is 2.26. The Bertz CT molecular complexity index is 373. The van der Waals surface area contributed by atoms with Crippen molar-refractivity contribution in [3.63, 3.8) is 0 Å². The molecule has 3 nitrogen and oxygen atoms in total. The molecule has 1 rings (SSSR count). The highest BCUT2D eigenvalue weighted by atomic mass is 19.1. The Labute approximate surface area is 88.4 Å². The van der Waals surface area contributed by atoms with Crippen LogP contribution in [0.4, 0.5) is 10.1 Å². The largest absolute Gasteiger partial charge is 0.395 e. The van der Waals surface area contributed by atoms with Gasteiger partial charge in [0.25, 0.3) is 0 Å². The molecule has 4 heteroatoms. The molecule has 0 heterocycles. The van der Waals surface area contributed by atoms with Gasteiger partial charge in [-0.05, 0) is 25.1 Å². The van der Waals surface area contributed by atoms with Gasteiger partial charge in [-0.3, -0.25) is 0 Å². The highest BCUT2D eigenvalue weighted by Crippen LogP contribution is 2.19. The van der Waals surface area contributed by atoms with Crippen molar-refractivity contribution in [3.05, 3.63) is 29.6 Å². The topological polar surface area (TPSA) is 47.3 Å². The van der Waals surface area contributed by atoms with Crippen molar-refractivity contribution in [3.8, 4) is 6.07 Å². The second-order valence-electron chi connectivity index (χ2n) is 3.08. The van der Waals surface area contributed by atoms with Crippen molar-refractivity contribution in [2.75, 3.05) is 24.6 Å². The minimum atomic E-state index is -0.427. The van der Waals surface area contributed by atoms with Gasteiger partial charge in [0.15, 0.2) is 0 Å². The van der Waals surface area contributed by atoms with Gasteiger partial charge in [-0.15, -0.1) is 0 Å². The lowest BCUT2D eigenvalue weighted by Gasteiger charge is -2.22. The van der Waals surface area contributed by atoms with Crippen LogP contribution in [0, 0.1) is 17.1 Å². The molecule has 0 aliphatic carbocycles. The van der Waals surface area contributed by atoms with Crippen LogP contribution in [0.5, 0.6) is 0 Å². The summed E-state index contributed by atoms with van der Waals surface area (Å²) >= 11 is 0. The number of nitrogens with zero attached hydrogens (tertiary/aromatic N) is 2. The Balaban J connectivity index is 2.98. The zero-order valence-corrected chi connectivity index (χ0v) is 8.57. The first-order valence-corrected chi connectivity index (χ1v) is 4.78. The summed E-state index contributed by atoms with van der Waals surface area (Å²) in [6.07, 6.45) is 0. The van der Waals surface area contributed by atoms with E-state index in [2.05, 4.69) is 0 Å². The third kappa shape index (κ3) is 2.67. The molecule has 0 amide bonds. The van der Waals surface area contributed by atoms with Gasteiger partial charge in [-0.1, -0.05) is 0 Å². The Morgan fingerprint density at radius 1 is 1.53 bits per heavy atom. The maximum Gasteiger partial charge on any atom is 0.147 e. The van der Waals surface area contributed by atoms with Crippen LogP contribution < -0.4 is 4.90 Å². The number of likely N-dealkylation sites (N-methyl/N-ethyl adjacent to an activating group) is 1. The fourth-order valence-electron chi connectivity index (χ4n) is 1.40. The second-order valence-corrected chi connectivity index (χ2v) is 3.08. The van der Waals surface area contributed by atoms with Crippen molar-refractivity contribution < 1.29 is 9.50 Å². The summed E-state index contributed by atoms with van der Waals surface area (Å²) in [5.41, 5.74) is 0.724. The summed E-state index contributed by atoms with van der Waals surface area (Å²) in [4.78, 5) is 1.72. The number of aliphatic hydroxyl groups is 1. The molecule has 0 saturated carbocycles. The monoisotopic (exact) mass is 208 g/mol. The highest BCUT2D eigenvalue weighted by molar-refractivity contribution is 5.51. The summed E-state index contributed by atoms with van der Waals surface area (Å²) in [7, 11) is 0. The van der Waals surface area contributed by atoms with Crippen LogP contribution in [0.1, 0.15) is 12.5 Å². The number of aliphatic hydroxyl groups excluding tert-OH is 1. The standard InChI is InChI=1S/C11H13FN2O/c1-2-14(5-6-15)11-4-3-9(8-13)7-10(11)12/h3-4,7,15H,2,5-6H2,1H3. The highest BCUT2D eigenvalue weighted by Gasteiger charge is 2.09. The molecule has 0 bridgehead atoms. The molecule has 15 heavy (non-hydrogen) atoms. The molecular formula is C11H13FN2O. The molecule has 80 valence electrons. The van der Waals surface area contributed by atoms with Gasteiger partial charge in [-0.25, -0.2) is 4.39 Å². The van der Waals surface area contributed by atoms with E-state index in [-0.39, 0.29) is 6.61 Å². The molecule has 1 N–H and O–H groups in total. The summed E-state index contributed by atoms with van der Waals surface area (Å²) in [6, 6.07) is 6.21. The first kappa shape index (κ1) is 11.5. The van der Waals surface area contributed by atoms with Gasteiger partial charge in [0.05, 0.1) is 23.9 Å². The molecule has 0 aromatic heterocycles. The summed E-state index contributed by atoms with van der Waals surface area (Å²) in [5, 5.41) is 17.4. The van der Waals surface area contributed by atoms with E-state index in [4.69, 9.17) is 10.4 Å². The minimum Gasteiger partial charge on any atom is -0.395 e. The zero-order chi connectivity index (χ0) is 11.3. The van der Waals surface area contributed by atoms with Crippen molar-refractivity contribution >= 4 is 5.69 Å². The number of halogens is 1. The molecule has 0 fully saturated rings. The van der Waals surface area contributed by atoms with Crippen LogP contribution in [0.3, 0.4) is 0 Å². The van der Waals surface area contributed by atoms with Crippen molar-refractivity contribution in [1.82, 2.24) is 0 Å². The van der Waals surface area contributed by atoms with Gasteiger partial charge < -0.3 is 10.0 Å². The van der Waals surface area contributed by atoms with Crippen LogP contribution in [-0.2, 0) is 0 Å². The summed E-state index contributed by atoms with van der Waals surface area (Å²) in [5.74, 6) is -0.427. The van der Waals surface area contributed by atoms with Gasteiger partial charge in [0.2, 0.25) is 0 Å². The number of rotatable bonds is 4. The van der Waals surface area contributed by atoms with Crippen molar-refractivity contribution in [2.45, 2.75) is 6.92 Å². The first-order chi connectivity index (χ1) is 7.22. The van der Waals surface area contributed by atoms with Crippen LogP contribution in [0.2, 0.25) is 0 Å². The number of benzene rings is 1. The fraction of sp³-hybridized carbons (Fsp3) is 0.364. The lowest BCUT2D eigenvalue weighted by atomic mass is 10.2. The summed E-state index contributed by atoms with van der Waals surface area (Å²) in [6.45, 7) is 2.86. The van der Waals surface area contributed by atoms with Crippen molar-refractivity contribution in [2.24, 2.45) is 0 Å². The molecule has 0 aliphatic heterocycles. The van der Waals surface area contributed by atoms with E-state index in [1.54, 1.807) is 17.0 Å². The van der Waals surface area contributed by atoms with E-state index in [1.807, 2.05) is 13.0 Å². The molecule has 1 aromatic rings. The van der Waals surface area contributed by atoms with Gasteiger partial charge in [0.1, 0.15) is 5.82 Å². The Morgan fingerprint density at radius 3 is 2.73 bits per heavy atom. The second kappa shape index (κ2) is 5.32. The van der Waals surface area contributed by atoms with Gasteiger partial charge in [0, 0.05) is 13.1 Å². The van der Waals surface area contributed by atoms with Crippen LogP contribution >= 0.6 is 0 Å². The number of hydrogen-bond donors (Lipinski definition) is 1. The Kier molecular flexibility index (Phi) is 4.07. The van der Waals surface area contributed by atoms with E-state index < -0.39 is 5.82 Å². The molecule has 0 saturated heterocycles. The van der Waals surface area contributed by atoms with E-state index in [0.717, 1.165) is 0 Å².